The highest BCUT2D eigenvalue weighted by molar-refractivity contribution is 4.87. The van der Waals surface area contributed by atoms with Crippen LogP contribution in [0.1, 0.15) is 58.8 Å². The Morgan fingerprint density at radius 1 is 1.07 bits per heavy atom. The predicted octanol–water partition coefficient (Wildman–Crippen LogP) is 5.12. The van der Waals surface area contributed by atoms with Crippen LogP contribution in [0.2, 0.25) is 0 Å². The maximum absolute atomic E-state index is 2.36. The Bertz CT molecular complexity index is 194. The fourth-order valence-corrected chi connectivity index (χ4v) is 2.76. The summed E-state index contributed by atoms with van der Waals surface area (Å²) < 4.78 is 0. The van der Waals surface area contributed by atoms with Gasteiger partial charge in [-0.2, -0.15) is 0 Å². The lowest BCUT2D eigenvalue weighted by atomic mass is 9.84. The normalized spacial score (nSPS) is 20.7. The molecule has 15 heavy (non-hydrogen) atoms. The summed E-state index contributed by atoms with van der Waals surface area (Å²) in [7, 11) is 0. The van der Waals surface area contributed by atoms with Crippen LogP contribution >= 0.6 is 0 Å². The van der Waals surface area contributed by atoms with Crippen molar-refractivity contribution in [1.29, 1.82) is 0 Å². The van der Waals surface area contributed by atoms with Crippen LogP contribution in [-0.2, 0) is 0 Å². The average molecular weight is 206 g/mol. The smallest absolute Gasteiger partial charge is 0.0320 e. The minimum Gasteiger partial charge on any atom is -0.0917 e. The molecular formula is C15H26. The van der Waals surface area contributed by atoms with E-state index in [1.807, 2.05) is 0 Å². The summed E-state index contributed by atoms with van der Waals surface area (Å²) in [6.45, 7) is 4.26. The second-order valence-corrected chi connectivity index (χ2v) is 4.76. The van der Waals surface area contributed by atoms with Gasteiger partial charge in [0.15, 0.2) is 0 Å². The number of hydrogen-bond donors (Lipinski definition) is 0. The summed E-state index contributed by atoms with van der Waals surface area (Å²) in [4.78, 5) is 0. The molecule has 0 aliphatic heterocycles. The fraction of sp³-hybridized carbons (Fsp3) is 0.733. The Hall–Kier alpha value is -0.520. The van der Waals surface area contributed by atoms with Crippen molar-refractivity contribution in [2.45, 2.75) is 58.8 Å². The monoisotopic (exact) mass is 206 g/mol. The van der Waals surface area contributed by atoms with Crippen LogP contribution in [0.4, 0.5) is 0 Å². The Morgan fingerprint density at radius 2 is 1.73 bits per heavy atom. The highest BCUT2D eigenvalue weighted by Crippen LogP contribution is 2.35. The van der Waals surface area contributed by atoms with E-state index < -0.39 is 0 Å². The van der Waals surface area contributed by atoms with Crippen molar-refractivity contribution in [3.63, 3.8) is 0 Å². The zero-order valence-electron chi connectivity index (χ0n) is 10.4. The van der Waals surface area contributed by atoms with E-state index in [4.69, 9.17) is 0 Å². The maximum Gasteiger partial charge on any atom is -0.0320 e. The molecule has 0 saturated heterocycles. The Kier molecular flexibility index (Phi) is 6.47. The molecule has 0 amide bonds. The molecule has 0 aromatic rings. The van der Waals surface area contributed by atoms with Gasteiger partial charge in [-0.3, -0.25) is 0 Å². The first kappa shape index (κ1) is 12.5. The third kappa shape index (κ3) is 4.68. The van der Waals surface area contributed by atoms with Gasteiger partial charge in [-0.25, -0.2) is 0 Å². The molecule has 1 aliphatic rings. The Morgan fingerprint density at radius 3 is 2.33 bits per heavy atom. The van der Waals surface area contributed by atoms with E-state index in [-0.39, 0.29) is 0 Å². The average Bonchev–Trinajstić information content (AvgIpc) is 2.76. The topological polar surface area (TPSA) is 0 Å². The molecule has 1 fully saturated rings. The molecule has 0 N–H and O–H groups in total. The molecule has 86 valence electrons. The maximum atomic E-state index is 2.36. The summed E-state index contributed by atoms with van der Waals surface area (Å²) in [6, 6.07) is 0. The standard InChI is InChI=1S/C15H26/c1-3-5-7-11-14(10-6-4-2)15-12-8-9-13-15/h3-6,14-15H,7-13H2,1-2H3/b5-3-,6-4+. The number of hydrogen-bond acceptors (Lipinski definition) is 0. The molecule has 0 bridgehead atoms. The first-order valence-corrected chi connectivity index (χ1v) is 6.60. The quantitative estimate of drug-likeness (QED) is 0.529. The van der Waals surface area contributed by atoms with Crippen LogP contribution in [-0.4, -0.2) is 0 Å². The van der Waals surface area contributed by atoms with Gasteiger partial charge in [-0.15, -0.1) is 0 Å². The fourth-order valence-electron chi connectivity index (χ4n) is 2.76. The third-order valence-corrected chi connectivity index (χ3v) is 3.68. The van der Waals surface area contributed by atoms with Crippen molar-refractivity contribution >= 4 is 0 Å². The van der Waals surface area contributed by atoms with E-state index in [2.05, 4.69) is 38.2 Å². The van der Waals surface area contributed by atoms with Gasteiger partial charge in [0.25, 0.3) is 0 Å². The number of rotatable bonds is 6. The molecule has 0 aromatic heterocycles. The SMILES string of the molecule is C/C=C\CCC(C/C=C/C)C1CCCC1. The highest BCUT2D eigenvalue weighted by atomic mass is 14.3. The molecule has 1 saturated carbocycles. The van der Waals surface area contributed by atoms with E-state index in [0.717, 1.165) is 11.8 Å². The van der Waals surface area contributed by atoms with Gasteiger partial charge in [0.05, 0.1) is 0 Å². The van der Waals surface area contributed by atoms with Crippen LogP contribution in [0.25, 0.3) is 0 Å². The van der Waals surface area contributed by atoms with Crippen molar-refractivity contribution in [3.8, 4) is 0 Å². The van der Waals surface area contributed by atoms with Gasteiger partial charge in [0.1, 0.15) is 0 Å². The van der Waals surface area contributed by atoms with E-state index in [9.17, 15) is 0 Å². The predicted molar refractivity (Wildman–Crippen MR) is 68.9 cm³/mol. The number of allylic oxidation sites excluding steroid dienone is 4. The van der Waals surface area contributed by atoms with Crippen molar-refractivity contribution in [1.82, 2.24) is 0 Å². The lowest BCUT2D eigenvalue weighted by Gasteiger charge is -2.21. The van der Waals surface area contributed by atoms with Gasteiger partial charge in [0, 0.05) is 0 Å². The minimum absolute atomic E-state index is 0.944. The van der Waals surface area contributed by atoms with E-state index >= 15 is 0 Å². The van der Waals surface area contributed by atoms with Crippen LogP contribution in [0, 0.1) is 11.8 Å². The lowest BCUT2D eigenvalue weighted by Crippen LogP contribution is -2.10. The van der Waals surface area contributed by atoms with Crippen LogP contribution in [0.5, 0.6) is 0 Å². The van der Waals surface area contributed by atoms with Gasteiger partial charge in [0.2, 0.25) is 0 Å². The molecule has 0 nitrogen and oxygen atoms in total. The lowest BCUT2D eigenvalue weighted by molar-refractivity contribution is 0.323. The molecule has 0 heterocycles. The minimum atomic E-state index is 0.944. The molecule has 1 rings (SSSR count). The largest absolute Gasteiger partial charge is 0.0917 e. The molecule has 0 aromatic carbocycles. The Labute approximate surface area is 95.5 Å². The highest BCUT2D eigenvalue weighted by Gasteiger charge is 2.23. The molecule has 0 radical (unpaired) electrons. The van der Waals surface area contributed by atoms with E-state index in [0.29, 0.717) is 0 Å². The van der Waals surface area contributed by atoms with Crippen molar-refractivity contribution < 1.29 is 0 Å². The van der Waals surface area contributed by atoms with Crippen molar-refractivity contribution in [2.24, 2.45) is 11.8 Å². The molecule has 0 spiro atoms. The summed E-state index contributed by atoms with van der Waals surface area (Å²) in [5.41, 5.74) is 0. The van der Waals surface area contributed by atoms with Gasteiger partial charge in [-0.1, -0.05) is 50.0 Å². The molecule has 1 unspecified atom stereocenters. The van der Waals surface area contributed by atoms with Gasteiger partial charge < -0.3 is 0 Å². The van der Waals surface area contributed by atoms with Crippen LogP contribution in [0.15, 0.2) is 24.3 Å². The van der Waals surface area contributed by atoms with Crippen molar-refractivity contribution in [2.75, 3.05) is 0 Å². The summed E-state index contributed by atoms with van der Waals surface area (Å²) in [6.07, 6.45) is 18.9. The molecule has 0 heteroatoms. The second kappa shape index (κ2) is 7.73. The summed E-state index contributed by atoms with van der Waals surface area (Å²) >= 11 is 0. The third-order valence-electron chi connectivity index (χ3n) is 3.68. The van der Waals surface area contributed by atoms with Gasteiger partial charge in [-0.05, 0) is 44.9 Å². The van der Waals surface area contributed by atoms with Crippen molar-refractivity contribution in [3.05, 3.63) is 24.3 Å². The summed E-state index contributed by atoms with van der Waals surface area (Å²) in [5.74, 6) is 1.96. The first-order valence-electron chi connectivity index (χ1n) is 6.60. The Balaban J connectivity index is 2.36. The first-order chi connectivity index (χ1) is 7.38. The van der Waals surface area contributed by atoms with Crippen LogP contribution in [0.3, 0.4) is 0 Å². The summed E-state index contributed by atoms with van der Waals surface area (Å²) in [5, 5.41) is 0. The molecule has 1 aliphatic carbocycles. The zero-order valence-corrected chi connectivity index (χ0v) is 10.4. The molecular weight excluding hydrogens is 180 g/mol. The second-order valence-electron chi connectivity index (χ2n) is 4.76. The van der Waals surface area contributed by atoms with Gasteiger partial charge >= 0.3 is 0 Å². The molecule has 1 atom stereocenters. The van der Waals surface area contributed by atoms with E-state index in [1.165, 1.54) is 44.9 Å². The van der Waals surface area contributed by atoms with Crippen LogP contribution < -0.4 is 0 Å². The zero-order chi connectivity index (χ0) is 10.9. The van der Waals surface area contributed by atoms with E-state index in [1.54, 1.807) is 0 Å².